The second kappa shape index (κ2) is 4.29. The lowest BCUT2D eigenvalue weighted by atomic mass is 10.3. The second-order valence-electron chi connectivity index (χ2n) is 2.78. The summed E-state index contributed by atoms with van der Waals surface area (Å²) in [6.45, 7) is 0. The van der Waals surface area contributed by atoms with Gasteiger partial charge < -0.3 is 4.74 Å². The molecule has 2 rings (SSSR count). The van der Waals surface area contributed by atoms with Crippen molar-refractivity contribution >= 4 is 15.9 Å². The Morgan fingerprint density at radius 1 is 1.00 bits per heavy atom. The SMILES string of the molecule is Brc1ccc(Oc2[c]cccc2)cc1. The molecule has 0 N–H and O–H groups in total. The van der Waals surface area contributed by atoms with E-state index in [1.165, 1.54) is 0 Å². The van der Waals surface area contributed by atoms with Crippen LogP contribution in [0.4, 0.5) is 0 Å². The van der Waals surface area contributed by atoms with Gasteiger partial charge in [0.2, 0.25) is 0 Å². The molecule has 69 valence electrons. The summed E-state index contributed by atoms with van der Waals surface area (Å²) in [5.41, 5.74) is 0. The summed E-state index contributed by atoms with van der Waals surface area (Å²) in [4.78, 5) is 0. The van der Waals surface area contributed by atoms with Gasteiger partial charge in [0, 0.05) is 10.5 Å². The first-order chi connectivity index (χ1) is 6.84. The van der Waals surface area contributed by atoms with E-state index in [1.807, 2.05) is 48.5 Å². The number of hydrogen-bond acceptors (Lipinski definition) is 1. The van der Waals surface area contributed by atoms with Gasteiger partial charge in [-0.25, -0.2) is 0 Å². The molecule has 2 aromatic carbocycles. The monoisotopic (exact) mass is 247 g/mol. The van der Waals surface area contributed by atoms with Crippen LogP contribution in [-0.2, 0) is 0 Å². The number of benzene rings is 2. The second-order valence-corrected chi connectivity index (χ2v) is 3.70. The third-order valence-corrected chi connectivity index (χ3v) is 2.25. The molecule has 0 aliphatic carbocycles. The lowest BCUT2D eigenvalue weighted by Gasteiger charge is -2.04. The maximum atomic E-state index is 5.56. The average molecular weight is 248 g/mol. The van der Waals surface area contributed by atoms with E-state index in [2.05, 4.69) is 22.0 Å². The summed E-state index contributed by atoms with van der Waals surface area (Å²) in [6, 6.07) is 18.2. The van der Waals surface area contributed by atoms with Crippen molar-refractivity contribution in [2.75, 3.05) is 0 Å². The van der Waals surface area contributed by atoms with Gasteiger partial charge in [0.1, 0.15) is 11.5 Å². The molecule has 0 bridgehead atoms. The summed E-state index contributed by atoms with van der Waals surface area (Å²) in [6.07, 6.45) is 0. The van der Waals surface area contributed by atoms with E-state index in [9.17, 15) is 0 Å². The number of ether oxygens (including phenoxy) is 1. The molecule has 1 radical (unpaired) electrons. The molecule has 0 fully saturated rings. The summed E-state index contributed by atoms with van der Waals surface area (Å²) < 4.78 is 6.60. The molecule has 0 aliphatic heterocycles. The fourth-order valence-corrected chi connectivity index (χ4v) is 1.33. The maximum Gasteiger partial charge on any atom is 0.135 e. The van der Waals surface area contributed by atoms with Crippen molar-refractivity contribution in [2.45, 2.75) is 0 Å². The van der Waals surface area contributed by atoms with Crippen molar-refractivity contribution in [2.24, 2.45) is 0 Å². The topological polar surface area (TPSA) is 9.23 Å². The first kappa shape index (κ1) is 9.28. The van der Waals surface area contributed by atoms with Crippen LogP contribution in [0.25, 0.3) is 0 Å². The minimum atomic E-state index is 0.731. The summed E-state index contributed by atoms with van der Waals surface area (Å²) in [5.74, 6) is 1.55. The van der Waals surface area contributed by atoms with E-state index < -0.39 is 0 Å². The number of hydrogen-bond donors (Lipinski definition) is 0. The van der Waals surface area contributed by atoms with Crippen LogP contribution < -0.4 is 4.74 Å². The van der Waals surface area contributed by atoms with Crippen molar-refractivity contribution in [3.05, 3.63) is 59.1 Å². The van der Waals surface area contributed by atoms with E-state index in [4.69, 9.17) is 4.74 Å². The number of para-hydroxylation sites is 1. The lowest BCUT2D eigenvalue weighted by molar-refractivity contribution is 0.481. The Hall–Kier alpha value is -1.28. The van der Waals surface area contributed by atoms with Crippen molar-refractivity contribution < 1.29 is 4.74 Å². The minimum absolute atomic E-state index is 0.731. The Labute approximate surface area is 91.5 Å². The zero-order valence-corrected chi connectivity index (χ0v) is 8.99. The molecule has 14 heavy (non-hydrogen) atoms. The van der Waals surface area contributed by atoms with Crippen LogP contribution in [0.3, 0.4) is 0 Å². The molecule has 0 atom stereocenters. The van der Waals surface area contributed by atoms with Gasteiger partial charge in [-0.05, 0) is 30.3 Å². The first-order valence-corrected chi connectivity index (χ1v) is 5.04. The van der Waals surface area contributed by atoms with Gasteiger partial charge in [0.15, 0.2) is 0 Å². The third kappa shape index (κ3) is 2.36. The van der Waals surface area contributed by atoms with Crippen LogP contribution in [0.15, 0.2) is 53.0 Å². The molecule has 0 unspecified atom stereocenters. The standard InChI is InChI=1S/C12H8BrO/c13-10-6-8-12(9-7-10)14-11-4-2-1-3-5-11/h1-4,6-9H. The molecule has 0 heterocycles. The van der Waals surface area contributed by atoms with Crippen molar-refractivity contribution in [3.63, 3.8) is 0 Å². The van der Waals surface area contributed by atoms with Crippen molar-refractivity contribution in [3.8, 4) is 11.5 Å². The Bertz CT molecular complexity index is 394. The lowest BCUT2D eigenvalue weighted by Crippen LogP contribution is -1.82. The van der Waals surface area contributed by atoms with Gasteiger partial charge in [0.25, 0.3) is 0 Å². The van der Waals surface area contributed by atoms with E-state index in [0.29, 0.717) is 0 Å². The highest BCUT2D eigenvalue weighted by Crippen LogP contribution is 2.22. The zero-order valence-electron chi connectivity index (χ0n) is 7.41. The summed E-state index contributed by atoms with van der Waals surface area (Å²) in [5, 5.41) is 0. The normalized spacial score (nSPS) is 9.79. The first-order valence-electron chi connectivity index (χ1n) is 4.25. The van der Waals surface area contributed by atoms with E-state index in [1.54, 1.807) is 0 Å². The largest absolute Gasteiger partial charge is 0.457 e. The molecule has 0 amide bonds. The predicted octanol–water partition coefficient (Wildman–Crippen LogP) is 4.04. The van der Waals surface area contributed by atoms with Crippen LogP contribution in [0.1, 0.15) is 0 Å². The highest BCUT2D eigenvalue weighted by molar-refractivity contribution is 9.10. The fourth-order valence-electron chi connectivity index (χ4n) is 1.07. The zero-order chi connectivity index (χ0) is 9.80. The van der Waals surface area contributed by atoms with Gasteiger partial charge in [-0.2, -0.15) is 0 Å². The molecule has 0 saturated carbocycles. The van der Waals surface area contributed by atoms with Crippen LogP contribution in [-0.4, -0.2) is 0 Å². The molecular formula is C12H8BrO. The summed E-state index contributed by atoms with van der Waals surface area (Å²) in [7, 11) is 0. The molecule has 1 nitrogen and oxygen atoms in total. The highest BCUT2D eigenvalue weighted by Gasteiger charge is 1.95. The van der Waals surface area contributed by atoms with Crippen molar-refractivity contribution in [1.82, 2.24) is 0 Å². The van der Waals surface area contributed by atoms with Gasteiger partial charge in [-0.15, -0.1) is 0 Å². The van der Waals surface area contributed by atoms with E-state index in [-0.39, 0.29) is 0 Å². The molecule has 2 heteroatoms. The van der Waals surface area contributed by atoms with Crippen LogP contribution >= 0.6 is 15.9 Å². The van der Waals surface area contributed by atoms with E-state index >= 15 is 0 Å². The Morgan fingerprint density at radius 2 is 1.79 bits per heavy atom. The van der Waals surface area contributed by atoms with Gasteiger partial charge in [0.05, 0.1) is 0 Å². The Kier molecular flexibility index (Phi) is 2.84. The van der Waals surface area contributed by atoms with Gasteiger partial charge in [-0.3, -0.25) is 0 Å². The molecule has 2 aromatic rings. The summed E-state index contributed by atoms with van der Waals surface area (Å²) >= 11 is 3.37. The fraction of sp³-hybridized carbons (Fsp3) is 0. The third-order valence-electron chi connectivity index (χ3n) is 1.72. The smallest absolute Gasteiger partial charge is 0.135 e. The van der Waals surface area contributed by atoms with Gasteiger partial charge >= 0.3 is 0 Å². The average Bonchev–Trinajstić information content (AvgIpc) is 2.23. The Balaban J connectivity index is 2.16. The number of halogens is 1. The maximum absolute atomic E-state index is 5.56. The highest BCUT2D eigenvalue weighted by atomic mass is 79.9. The molecule has 0 spiro atoms. The predicted molar refractivity (Wildman–Crippen MR) is 59.5 cm³/mol. The Morgan fingerprint density at radius 3 is 2.43 bits per heavy atom. The molecule has 0 aromatic heterocycles. The minimum Gasteiger partial charge on any atom is -0.457 e. The van der Waals surface area contributed by atoms with Crippen LogP contribution in [0.5, 0.6) is 11.5 Å². The molecule has 0 saturated heterocycles. The number of rotatable bonds is 2. The van der Waals surface area contributed by atoms with Crippen LogP contribution in [0.2, 0.25) is 0 Å². The molecule has 0 aliphatic rings. The van der Waals surface area contributed by atoms with Crippen molar-refractivity contribution in [1.29, 1.82) is 0 Å². The van der Waals surface area contributed by atoms with Crippen LogP contribution in [0, 0.1) is 6.07 Å². The molecular weight excluding hydrogens is 240 g/mol. The van der Waals surface area contributed by atoms with Gasteiger partial charge in [-0.1, -0.05) is 34.1 Å². The quantitative estimate of drug-likeness (QED) is 0.779. The van der Waals surface area contributed by atoms with E-state index in [0.717, 1.165) is 16.0 Å².